The highest BCUT2D eigenvalue weighted by Crippen LogP contribution is 2.44. The predicted molar refractivity (Wildman–Crippen MR) is 89.6 cm³/mol. The van der Waals surface area contributed by atoms with E-state index in [9.17, 15) is 0 Å². The lowest BCUT2D eigenvalue weighted by atomic mass is 9.81. The van der Waals surface area contributed by atoms with Gasteiger partial charge in [0.2, 0.25) is 0 Å². The molecular weight excluding hydrogens is 260 g/mol. The van der Waals surface area contributed by atoms with Crippen LogP contribution in [0.3, 0.4) is 0 Å². The van der Waals surface area contributed by atoms with E-state index in [4.69, 9.17) is 4.74 Å². The molecule has 2 atom stereocenters. The van der Waals surface area contributed by atoms with Gasteiger partial charge in [0.25, 0.3) is 0 Å². The molecule has 0 radical (unpaired) electrons. The van der Waals surface area contributed by atoms with Crippen molar-refractivity contribution in [1.82, 2.24) is 10.2 Å². The fourth-order valence-corrected chi connectivity index (χ4v) is 3.46. The molecule has 0 aromatic heterocycles. The number of ether oxygens (including phenoxy) is 1. The van der Waals surface area contributed by atoms with Crippen molar-refractivity contribution in [3.05, 3.63) is 0 Å². The minimum absolute atomic E-state index is 0.321. The van der Waals surface area contributed by atoms with E-state index < -0.39 is 0 Å². The topological polar surface area (TPSA) is 24.5 Å². The molecule has 2 fully saturated rings. The number of nitrogens with one attached hydrogen (secondary N) is 1. The quantitative estimate of drug-likeness (QED) is 0.762. The first-order valence-electron chi connectivity index (χ1n) is 8.79. The van der Waals surface area contributed by atoms with Crippen LogP contribution in [0.5, 0.6) is 0 Å². The van der Waals surface area contributed by atoms with Crippen molar-refractivity contribution >= 4 is 0 Å². The summed E-state index contributed by atoms with van der Waals surface area (Å²) in [4.78, 5) is 2.72. The van der Waals surface area contributed by atoms with E-state index in [0.29, 0.717) is 22.9 Å². The van der Waals surface area contributed by atoms with E-state index >= 15 is 0 Å². The second kappa shape index (κ2) is 6.55. The Morgan fingerprint density at radius 3 is 2.48 bits per heavy atom. The van der Waals surface area contributed by atoms with E-state index in [0.717, 1.165) is 38.8 Å². The normalized spacial score (nSPS) is 31.9. The van der Waals surface area contributed by atoms with Gasteiger partial charge in [0.1, 0.15) is 0 Å². The second-order valence-electron chi connectivity index (χ2n) is 8.85. The van der Waals surface area contributed by atoms with Gasteiger partial charge < -0.3 is 10.1 Å². The molecule has 1 saturated carbocycles. The number of nitrogens with zero attached hydrogens (tertiary/aromatic N) is 1. The maximum absolute atomic E-state index is 5.85. The van der Waals surface area contributed by atoms with Crippen LogP contribution >= 0.6 is 0 Å². The monoisotopic (exact) mass is 296 g/mol. The zero-order valence-electron chi connectivity index (χ0n) is 15.0. The lowest BCUT2D eigenvalue weighted by Crippen LogP contribution is -2.67. The molecule has 0 amide bonds. The van der Waals surface area contributed by atoms with Crippen LogP contribution in [0.2, 0.25) is 0 Å². The van der Waals surface area contributed by atoms with Crippen molar-refractivity contribution in [2.24, 2.45) is 17.3 Å². The highest BCUT2D eigenvalue weighted by molar-refractivity contribution is 5.06. The fraction of sp³-hybridized carbons (Fsp3) is 1.00. The third-order valence-corrected chi connectivity index (χ3v) is 5.29. The molecule has 1 aliphatic heterocycles. The average molecular weight is 296 g/mol. The van der Waals surface area contributed by atoms with E-state index in [1.807, 2.05) is 0 Å². The molecule has 21 heavy (non-hydrogen) atoms. The van der Waals surface area contributed by atoms with Crippen LogP contribution in [0, 0.1) is 17.3 Å². The van der Waals surface area contributed by atoms with Crippen molar-refractivity contribution < 1.29 is 4.74 Å². The molecule has 1 saturated heterocycles. The zero-order valence-corrected chi connectivity index (χ0v) is 15.0. The summed E-state index contributed by atoms with van der Waals surface area (Å²) >= 11 is 0. The van der Waals surface area contributed by atoms with E-state index in [1.54, 1.807) is 0 Å². The Labute approximate surface area is 131 Å². The van der Waals surface area contributed by atoms with Gasteiger partial charge in [-0.1, -0.05) is 34.6 Å². The molecule has 1 N–H and O–H groups in total. The first-order chi connectivity index (χ1) is 9.73. The molecule has 2 rings (SSSR count). The first-order valence-corrected chi connectivity index (χ1v) is 8.79. The average Bonchev–Trinajstić information content (AvgIpc) is 3.19. The summed E-state index contributed by atoms with van der Waals surface area (Å²) in [6, 6.07) is 0.578. The molecular formula is C18H36N2O. The number of rotatable bonds is 6. The standard InChI is InChI=1S/C18H36N2O/c1-14(2)12-21-10-9-20-11-16(17(3,4)5)19-13-18(20,6)15-7-8-15/h14-16,19H,7-13H2,1-6H3. The maximum atomic E-state index is 5.85. The minimum Gasteiger partial charge on any atom is -0.380 e. The molecule has 0 spiro atoms. The Bertz CT molecular complexity index is 333. The number of hydrogen-bond acceptors (Lipinski definition) is 3. The Morgan fingerprint density at radius 2 is 1.95 bits per heavy atom. The van der Waals surface area contributed by atoms with Crippen LogP contribution in [0.25, 0.3) is 0 Å². The van der Waals surface area contributed by atoms with E-state index in [-0.39, 0.29) is 0 Å². The van der Waals surface area contributed by atoms with Gasteiger partial charge in [0.15, 0.2) is 0 Å². The molecule has 0 aromatic carbocycles. The number of piperazine rings is 1. The van der Waals surface area contributed by atoms with Crippen LogP contribution in [-0.2, 0) is 4.74 Å². The lowest BCUT2D eigenvalue weighted by Gasteiger charge is -2.51. The molecule has 0 aromatic rings. The summed E-state index contributed by atoms with van der Waals surface area (Å²) in [5.41, 5.74) is 0.658. The third kappa shape index (κ3) is 4.43. The Morgan fingerprint density at radius 1 is 1.29 bits per heavy atom. The first kappa shape index (κ1) is 17.2. The van der Waals surface area contributed by atoms with Crippen LogP contribution in [0.15, 0.2) is 0 Å². The molecule has 2 unspecified atom stereocenters. The smallest absolute Gasteiger partial charge is 0.0593 e. The lowest BCUT2D eigenvalue weighted by molar-refractivity contribution is -0.0131. The molecule has 3 heteroatoms. The minimum atomic E-state index is 0.321. The Kier molecular flexibility index (Phi) is 5.38. The van der Waals surface area contributed by atoms with Gasteiger partial charge in [-0.3, -0.25) is 4.90 Å². The summed E-state index contributed by atoms with van der Waals surface area (Å²) in [5.74, 6) is 1.51. The summed E-state index contributed by atoms with van der Waals surface area (Å²) in [5, 5.41) is 3.83. The van der Waals surface area contributed by atoms with Gasteiger partial charge in [-0.25, -0.2) is 0 Å². The number of hydrogen-bond donors (Lipinski definition) is 1. The maximum Gasteiger partial charge on any atom is 0.0593 e. The van der Waals surface area contributed by atoms with Gasteiger partial charge in [-0.05, 0) is 37.0 Å². The van der Waals surface area contributed by atoms with Crippen molar-refractivity contribution in [3.63, 3.8) is 0 Å². The molecule has 0 bridgehead atoms. The fourth-order valence-electron chi connectivity index (χ4n) is 3.46. The molecule has 1 aliphatic carbocycles. The third-order valence-electron chi connectivity index (χ3n) is 5.29. The molecule has 2 aliphatic rings. The molecule has 1 heterocycles. The summed E-state index contributed by atoms with van der Waals surface area (Å²) < 4.78 is 5.85. The van der Waals surface area contributed by atoms with Crippen LogP contribution in [-0.4, -0.2) is 49.3 Å². The van der Waals surface area contributed by atoms with Gasteiger partial charge in [0.05, 0.1) is 6.61 Å². The highest BCUT2D eigenvalue weighted by Gasteiger charge is 2.49. The van der Waals surface area contributed by atoms with Gasteiger partial charge in [-0.2, -0.15) is 0 Å². The summed E-state index contributed by atoms with van der Waals surface area (Å²) in [6.45, 7) is 19.0. The van der Waals surface area contributed by atoms with Gasteiger partial charge in [0, 0.05) is 37.8 Å². The van der Waals surface area contributed by atoms with E-state index in [2.05, 4.69) is 51.8 Å². The van der Waals surface area contributed by atoms with Crippen molar-refractivity contribution in [2.75, 3.05) is 32.8 Å². The summed E-state index contributed by atoms with van der Waals surface area (Å²) in [6.07, 6.45) is 2.81. The van der Waals surface area contributed by atoms with Crippen LogP contribution in [0.1, 0.15) is 54.4 Å². The second-order valence-corrected chi connectivity index (χ2v) is 8.85. The predicted octanol–water partition coefficient (Wildman–Crippen LogP) is 3.15. The van der Waals surface area contributed by atoms with Crippen molar-refractivity contribution in [1.29, 1.82) is 0 Å². The van der Waals surface area contributed by atoms with E-state index in [1.165, 1.54) is 12.8 Å². The highest BCUT2D eigenvalue weighted by atomic mass is 16.5. The Balaban J connectivity index is 1.93. The van der Waals surface area contributed by atoms with Crippen molar-refractivity contribution in [2.45, 2.75) is 66.0 Å². The summed E-state index contributed by atoms with van der Waals surface area (Å²) in [7, 11) is 0. The molecule has 124 valence electrons. The van der Waals surface area contributed by atoms with Crippen molar-refractivity contribution in [3.8, 4) is 0 Å². The van der Waals surface area contributed by atoms with Gasteiger partial charge in [-0.15, -0.1) is 0 Å². The largest absolute Gasteiger partial charge is 0.380 e. The van der Waals surface area contributed by atoms with Gasteiger partial charge >= 0.3 is 0 Å². The SMILES string of the molecule is CC(C)COCCN1CC(C(C)(C)C)NCC1(C)C1CC1. The zero-order chi connectivity index (χ0) is 15.7. The molecule has 3 nitrogen and oxygen atoms in total. The Hall–Kier alpha value is -0.120. The van der Waals surface area contributed by atoms with Crippen LogP contribution < -0.4 is 5.32 Å². The van der Waals surface area contributed by atoms with Crippen LogP contribution in [0.4, 0.5) is 0 Å².